The van der Waals surface area contributed by atoms with E-state index in [1.807, 2.05) is 0 Å². The molecule has 0 amide bonds. The maximum atomic E-state index is 12.7. The van der Waals surface area contributed by atoms with Crippen LogP contribution in [0, 0.1) is 11.8 Å². The Morgan fingerprint density at radius 3 is 1.11 bits per heavy atom. The molecule has 0 spiro atoms. The van der Waals surface area contributed by atoms with Crippen LogP contribution < -0.4 is 0 Å². The van der Waals surface area contributed by atoms with E-state index in [4.69, 9.17) is 4.74 Å². The number of esters is 1. The number of unbranched alkanes of at least 4 members (excludes halogenated alkanes) is 21. The maximum Gasteiger partial charge on any atom is 0.308 e. The lowest BCUT2D eigenvalue weighted by Gasteiger charge is -2.19. The molecule has 0 bridgehead atoms. The van der Waals surface area contributed by atoms with Gasteiger partial charge < -0.3 is 4.74 Å². The number of hydrogen-bond acceptors (Lipinski definition) is 2. The van der Waals surface area contributed by atoms with E-state index < -0.39 is 0 Å². The predicted molar refractivity (Wildman–Crippen MR) is 165 cm³/mol. The molecule has 2 unspecified atom stereocenters. The average molecular weight is 523 g/mol. The maximum absolute atomic E-state index is 12.7. The minimum atomic E-state index is 0.0556. The first-order valence-electron chi connectivity index (χ1n) is 17.3. The number of carbonyl (C=O) groups excluding carboxylic acids is 1. The SMILES string of the molecule is CCCCCCCCCCCC(C)C(=O)OCC(CCCCCCCCC)CCCCCCCCCC. The summed E-state index contributed by atoms with van der Waals surface area (Å²) in [5.74, 6) is 0.687. The smallest absolute Gasteiger partial charge is 0.308 e. The molecule has 0 aromatic carbocycles. The van der Waals surface area contributed by atoms with Crippen LogP contribution in [0.3, 0.4) is 0 Å². The molecule has 2 nitrogen and oxygen atoms in total. The summed E-state index contributed by atoms with van der Waals surface area (Å²) < 4.78 is 5.89. The molecule has 2 heteroatoms. The fourth-order valence-corrected chi connectivity index (χ4v) is 5.49. The van der Waals surface area contributed by atoms with Crippen LogP contribution in [0.5, 0.6) is 0 Å². The van der Waals surface area contributed by atoms with Gasteiger partial charge in [0.1, 0.15) is 0 Å². The summed E-state index contributed by atoms with van der Waals surface area (Å²) in [5, 5.41) is 0. The molecule has 0 saturated carbocycles. The third-order valence-corrected chi connectivity index (χ3v) is 8.29. The van der Waals surface area contributed by atoms with Crippen LogP contribution in [0.1, 0.15) is 201 Å². The van der Waals surface area contributed by atoms with Gasteiger partial charge in [-0.1, -0.05) is 182 Å². The lowest BCUT2D eigenvalue weighted by molar-refractivity contribution is -0.149. The van der Waals surface area contributed by atoms with Crippen molar-refractivity contribution in [1.82, 2.24) is 0 Å². The monoisotopic (exact) mass is 523 g/mol. The van der Waals surface area contributed by atoms with Crippen LogP contribution in [0.4, 0.5) is 0 Å². The molecular weight excluding hydrogens is 452 g/mol. The van der Waals surface area contributed by atoms with Gasteiger partial charge in [-0.3, -0.25) is 4.79 Å². The second kappa shape index (κ2) is 30.0. The molecule has 222 valence electrons. The molecule has 0 saturated heterocycles. The summed E-state index contributed by atoms with van der Waals surface area (Å²) in [6, 6.07) is 0. The van der Waals surface area contributed by atoms with Gasteiger partial charge in [-0.2, -0.15) is 0 Å². The average Bonchev–Trinajstić information content (AvgIpc) is 2.90. The first-order chi connectivity index (χ1) is 18.2. The minimum absolute atomic E-state index is 0.0556. The largest absolute Gasteiger partial charge is 0.465 e. The predicted octanol–water partition coefficient (Wildman–Crippen LogP) is 12.4. The first kappa shape index (κ1) is 36.5. The Bertz CT molecular complexity index is 447. The van der Waals surface area contributed by atoms with E-state index >= 15 is 0 Å². The quantitative estimate of drug-likeness (QED) is 0.0692. The van der Waals surface area contributed by atoms with Gasteiger partial charge in [0.05, 0.1) is 12.5 Å². The molecule has 0 aliphatic carbocycles. The fraction of sp³-hybridized carbons (Fsp3) is 0.971. The van der Waals surface area contributed by atoms with Gasteiger partial charge in [0.25, 0.3) is 0 Å². The van der Waals surface area contributed by atoms with Crippen molar-refractivity contribution in [1.29, 1.82) is 0 Å². The van der Waals surface area contributed by atoms with E-state index in [1.54, 1.807) is 0 Å². The number of carbonyl (C=O) groups is 1. The number of hydrogen-bond donors (Lipinski definition) is 0. The van der Waals surface area contributed by atoms with Gasteiger partial charge in [0.2, 0.25) is 0 Å². The molecule has 0 aliphatic rings. The van der Waals surface area contributed by atoms with Gasteiger partial charge in [-0.25, -0.2) is 0 Å². The van der Waals surface area contributed by atoms with Crippen LogP contribution in [0.25, 0.3) is 0 Å². The Hall–Kier alpha value is -0.530. The third-order valence-electron chi connectivity index (χ3n) is 8.29. The van der Waals surface area contributed by atoms with Crippen LogP contribution in [0.2, 0.25) is 0 Å². The highest BCUT2D eigenvalue weighted by Gasteiger charge is 2.17. The van der Waals surface area contributed by atoms with Crippen LogP contribution in [0.15, 0.2) is 0 Å². The second-order valence-electron chi connectivity index (χ2n) is 12.2. The highest BCUT2D eigenvalue weighted by molar-refractivity contribution is 5.71. The molecule has 0 N–H and O–H groups in total. The van der Waals surface area contributed by atoms with E-state index in [2.05, 4.69) is 27.7 Å². The van der Waals surface area contributed by atoms with Crippen molar-refractivity contribution in [3.05, 3.63) is 0 Å². The highest BCUT2D eigenvalue weighted by Crippen LogP contribution is 2.21. The molecular formula is C35H70O2. The zero-order chi connectivity index (χ0) is 27.2. The standard InChI is InChI=1S/C35H70O2/c1-5-8-11-14-17-19-21-23-26-29-33(4)35(36)37-32-34(30-27-24-20-16-13-10-7-3)31-28-25-22-18-15-12-9-6-2/h33-34H,5-32H2,1-4H3. The number of ether oxygens (including phenoxy) is 1. The summed E-state index contributed by atoms with van der Waals surface area (Å²) in [5.41, 5.74) is 0. The van der Waals surface area contributed by atoms with Crippen molar-refractivity contribution < 1.29 is 9.53 Å². The molecule has 2 atom stereocenters. The Balaban J connectivity index is 4.11. The van der Waals surface area contributed by atoms with Crippen molar-refractivity contribution in [2.75, 3.05) is 6.61 Å². The van der Waals surface area contributed by atoms with Crippen LogP contribution in [-0.4, -0.2) is 12.6 Å². The van der Waals surface area contributed by atoms with Crippen LogP contribution >= 0.6 is 0 Å². The summed E-state index contributed by atoms with van der Waals surface area (Å²) in [4.78, 5) is 12.7. The second-order valence-corrected chi connectivity index (χ2v) is 12.2. The molecule has 0 heterocycles. The molecule has 0 radical (unpaired) electrons. The Morgan fingerprint density at radius 2 is 0.757 bits per heavy atom. The van der Waals surface area contributed by atoms with Gasteiger partial charge in [0, 0.05) is 0 Å². The summed E-state index contributed by atoms with van der Waals surface area (Å²) >= 11 is 0. The van der Waals surface area contributed by atoms with Crippen molar-refractivity contribution in [3.8, 4) is 0 Å². The summed E-state index contributed by atoms with van der Waals surface area (Å²) in [6.45, 7) is 9.59. The zero-order valence-corrected chi connectivity index (χ0v) is 26.3. The van der Waals surface area contributed by atoms with E-state index in [-0.39, 0.29) is 11.9 Å². The van der Waals surface area contributed by atoms with Crippen LogP contribution in [-0.2, 0) is 9.53 Å². The van der Waals surface area contributed by atoms with E-state index in [1.165, 1.54) is 167 Å². The Kier molecular flexibility index (Phi) is 29.6. The van der Waals surface area contributed by atoms with E-state index in [9.17, 15) is 4.79 Å². The lowest BCUT2D eigenvalue weighted by atomic mass is 9.94. The number of rotatable bonds is 30. The molecule has 0 aromatic rings. The van der Waals surface area contributed by atoms with Gasteiger partial charge in [0.15, 0.2) is 0 Å². The van der Waals surface area contributed by atoms with E-state index in [0.717, 1.165) is 6.42 Å². The van der Waals surface area contributed by atoms with Gasteiger partial charge in [-0.15, -0.1) is 0 Å². The first-order valence-corrected chi connectivity index (χ1v) is 17.3. The van der Waals surface area contributed by atoms with Crippen molar-refractivity contribution in [3.63, 3.8) is 0 Å². The molecule has 0 fully saturated rings. The summed E-state index contributed by atoms with van der Waals surface area (Å²) in [7, 11) is 0. The van der Waals surface area contributed by atoms with Crippen molar-refractivity contribution in [2.45, 2.75) is 201 Å². The fourth-order valence-electron chi connectivity index (χ4n) is 5.49. The van der Waals surface area contributed by atoms with Gasteiger partial charge >= 0.3 is 5.97 Å². The molecule has 0 aliphatic heterocycles. The molecule has 37 heavy (non-hydrogen) atoms. The van der Waals surface area contributed by atoms with Crippen molar-refractivity contribution >= 4 is 5.97 Å². The lowest BCUT2D eigenvalue weighted by Crippen LogP contribution is -2.20. The molecule has 0 aromatic heterocycles. The zero-order valence-electron chi connectivity index (χ0n) is 26.3. The van der Waals surface area contributed by atoms with Crippen molar-refractivity contribution in [2.24, 2.45) is 11.8 Å². The highest BCUT2D eigenvalue weighted by atomic mass is 16.5. The normalized spacial score (nSPS) is 13.1. The molecule has 0 rings (SSSR count). The minimum Gasteiger partial charge on any atom is -0.465 e. The van der Waals surface area contributed by atoms with E-state index in [0.29, 0.717) is 12.5 Å². The summed E-state index contributed by atoms with van der Waals surface area (Å²) in [6.07, 6.45) is 36.0. The third kappa shape index (κ3) is 26.8. The topological polar surface area (TPSA) is 26.3 Å². The Morgan fingerprint density at radius 1 is 0.459 bits per heavy atom. The van der Waals surface area contributed by atoms with Gasteiger partial charge in [-0.05, 0) is 25.2 Å². The Labute approximate surface area is 234 Å².